The van der Waals surface area contributed by atoms with Crippen LogP contribution in [0.5, 0.6) is 0 Å². The zero-order chi connectivity index (χ0) is 11.2. The Balaban J connectivity index is 3.88. The molecule has 0 bridgehead atoms. The first-order chi connectivity index (χ1) is 6.40. The molecule has 0 spiro atoms. The highest BCUT2D eigenvalue weighted by Crippen LogP contribution is 1.98. The van der Waals surface area contributed by atoms with Gasteiger partial charge < -0.3 is 16.4 Å². The van der Waals surface area contributed by atoms with Crippen LogP contribution in [0.2, 0.25) is 0 Å². The van der Waals surface area contributed by atoms with Crippen LogP contribution < -0.4 is 16.4 Å². The third-order valence-corrected chi connectivity index (χ3v) is 1.78. The summed E-state index contributed by atoms with van der Waals surface area (Å²) in [5, 5.41) is 5.47. The predicted molar refractivity (Wildman–Crippen MR) is 54.6 cm³/mol. The largest absolute Gasteiger partial charge is 0.368 e. The molecule has 0 aliphatic carbocycles. The minimum atomic E-state index is -0.981. The van der Waals surface area contributed by atoms with Crippen molar-refractivity contribution in [3.63, 3.8) is 0 Å². The van der Waals surface area contributed by atoms with E-state index < -0.39 is 11.4 Å². The number of carbonyl (C=O) groups is 2. The van der Waals surface area contributed by atoms with Crippen molar-refractivity contribution < 1.29 is 9.59 Å². The molecule has 0 aromatic heterocycles. The van der Waals surface area contributed by atoms with E-state index in [1.165, 1.54) is 0 Å². The van der Waals surface area contributed by atoms with Gasteiger partial charge in [0.05, 0.1) is 6.54 Å². The topological polar surface area (TPSA) is 84.2 Å². The van der Waals surface area contributed by atoms with E-state index in [4.69, 9.17) is 5.73 Å². The van der Waals surface area contributed by atoms with Crippen molar-refractivity contribution in [3.05, 3.63) is 0 Å². The summed E-state index contributed by atoms with van der Waals surface area (Å²) in [5.74, 6) is -0.761. The van der Waals surface area contributed by atoms with Gasteiger partial charge in [-0.3, -0.25) is 9.59 Å². The molecule has 0 aromatic rings. The molecule has 0 saturated carbocycles. The molecule has 0 aliphatic heterocycles. The summed E-state index contributed by atoms with van der Waals surface area (Å²) in [7, 11) is 0. The molecule has 0 unspecified atom stereocenters. The van der Waals surface area contributed by atoms with Crippen LogP contribution in [0.3, 0.4) is 0 Å². The van der Waals surface area contributed by atoms with Gasteiger partial charge in [-0.25, -0.2) is 0 Å². The van der Waals surface area contributed by atoms with Gasteiger partial charge in [0.25, 0.3) is 0 Å². The van der Waals surface area contributed by atoms with Gasteiger partial charge in [-0.15, -0.1) is 0 Å². The van der Waals surface area contributed by atoms with Crippen molar-refractivity contribution in [3.8, 4) is 0 Å². The molecular weight excluding hydrogens is 182 g/mol. The lowest BCUT2D eigenvalue weighted by Gasteiger charge is -2.22. The standard InChI is InChI=1S/C9H19N3O2/c1-4-5-11-6-7(13)12-9(2,3)8(10)14/h11H,4-6H2,1-3H3,(H2,10,14)(H,12,13). The Bertz CT molecular complexity index is 214. The summed E-state index contributed by atoms with van der Waals surface area (Å²) in [6.45, 7) is 6.16. The number of amides is 2. The molecular formula is C9H19N3O2. The fraction of sp³-hybridized carbons (Fsp3) is 0.778. The summed E-state index contributed by atoms with van der Waals surface area (Å²) in [5.41, 5.74) is 4.12. The van der Waals surface area contributed by atoms with Gasteiger partial charge in [-0.2, -0.15) is 0 Å². The maximum atomic E-state index is 11.3. The van der Waals surface area contributed by atoms with Crippen LogP contribution in [0.1, 0.15) is 27.2 Å². The molecule has 0 saturated heterocycles. The fourth-order valence-electron chi connectivity index (χ4n) is 0.833. The van der Waals surface area contributed by atoms with E-state index in [0.29, 0.717) is 0 Å². The quantitative estimate of drug-likeness (QED) is 0.500. The SMILES string of the molecule is CCCNCC(=O)NC(C)(C)C(N)=O. The van der Waals surface area contributed by atoms with Gasteiger partial charge in [0.2, 0.25) is 11.8 Å². The number of carbonyl (C=O) groups excluding carboxylic acids is 2. The highest BCUT2D eigenvalue weighted by molar-refractivity contribution is 5.90. The van der Waals surface area contributed by atoms with Crippen molar-refractivity contribution in [1.82, 2.24) is 10.6 Å². The number of rotatable bonds is 6. The number of hydrogen-bond donors (Lipinski definition) is 3. The molecule has 2 amide bonds. The monoisotopic (exact) mass is 201 g/mol. The fourth-order valence-corrected chi connectivity index (χ4v) is 0.833. The molecule has 5 nitrogen and oxygen atoms in total. The van der Waals surface area contributed by atoms with Crippen LogP contribution in [0, 0.1) is 0 Å². The number of hydrogen-bond acceptors (Lipinski definition) is 3. The van der Waals surface area contributed by atoms with Crippen molar-refractivity contribution >= 4 is 11.8 Å². The maximum absolute atomic E-state index is 11.3. The molecule has 0 aromatic carbocycles. The Kier molecular flexibility index (Phi) is 5.15. The lowest BCUT2D eigenvalue weighted by atomic mass is 10.1. The first-order valence-electron chi connectivity index (χ1n) is 4.71. The van der Waals surface area contributed by atoms with Crippen molar-refractivity contribution in [2.24, 2.45) is 5.73 Å². The average molecular weight is 201 g/mol. The third kappa shape index (κ3) is 4.81. The molecule has 0 atom stereocenters. The Morgan fingerprint density at radius 3 is 2.36 bits per heavy atom. The second-order valence-corrected chi connectivity index (χ2v) is 3.71. The van der Waals surface area contributed by atoms with Crippen LogP contribution in [-0.2, 0) is 9.59 Å². The first-order valence-corrected chi connectivity index (χ1v) is 4.71. The first kappa shape index (κ1) is 12.9. The smallest absolute Gasteiger partial charge is 0.242 e. The lowest BCUT2D eigenvalue weighted by molar-refractivity contribution is -0.129. The number of primary amides is 1. The van der Waals surface area contributed by atoms with Crippen LogP contribution in [0.15, 0.2) is 0 Å². The van der Waals surface area contributed by atoms with Crippen LogP contribution in [0.4, 0.5) is 0 Å². The van der Waals surface area contributed by atoms with Crippen molar-refractivity contribution in [2.75, 3.05) is 13.1 Å². The average Bonchev–Trinajstić information content (AvgIpc) is 2.03. The Morgan fingerprint density at radius 1 is 1.36 bits per heavy atom. The van der Waals surface area contributed by atoms with E-state index in [9.17, 15) is 9.59 Å². The normalized spacial score (nSPS) is 11.1. The minimum Gasteiger partial charge on any atom is -0.368 e. The number of nitrogens with one attached hydrogen (secondary N) is 2. The van der Waals surface area contributed by atoms with Crippen LogP contribution >= 0.6 is 0 Å². The van der Waals surface area contributed by atoms with Crippen LogP contribution in [-0.4, -0.2) is 30.4 Å². The van der Waals surface area contributed by atoms with Gasteiger partial charge in [-0.05, 0) is 26.8 Å². The molecule has 0 rings (SSSR count). The van der Waals surface area contributed by atoms with E-state index in [1.807, 2.05) is 6.92 Å². The van der Waals surface area contributed by atoms with Gasteiger partial charge in [0.15, 0.2) is 0 Å². The maximum Gasteiger partial charge on any atom is 0.242 e. The van der Waals surface area contributed by atoms with E-state index in [-0.39, 0.29) is 12.5 Å². The van der Waals surface area contributed by atoms with Crippen LogP contribution in [0.25, 0.3) is 0 Å². The van der Waals surface area contributed by atoms with E-state index >= 15 is 0 Å². The minimum absolute atomic E-state index is 0.213. The molecule has 0 aliphatic rings. The van der Waals surface area contributed by atoms with E-state index in [2.05, 4.69) is 10.6 Å². The van der Waals surface area contributed by atoms with Gasteiger partial charge in [0.1, 0.15) is 5.54 Å². The second kappa shape index (κ2) is 5.59. The molecule has 14 heavy (non-hydrogen) atoms. The van der Waals surface area contributed by atoms with Crippen molar-refractivity contribution in [1.29, 1.82) is 0 Å². The Morgan fingerprint density at radius 2 is 1.93 bits per heavy atom. The third-order valence-electron chi connectivity index (χ3n) is 1.78. The number of nitrogens with two attached hydrogens (primary N) is 1. The summed E-state index contributed by atoms with van der Waals surface area (Å²) in [4.78, 5) is 22.1. The highest BCUT2D eigenvalue weighted by Gasteiger charge is 2.26. The Labute approximate surface area is 84.4 Å². The van der Waals surface area contributed by atoms with E-state index in [1.54, 1.807) is 13.8 Å². The molecule has 0 heterocycles. The summed E-state index contributed by atoms with van der Waals surface area (Å²) >= 11 is 0. The zero-order valence-electron chi connectivity index (χ0n) is 9.02. The summed E-state index contributed by atoms with van der Waals surface area (Å²) in [6, 6.07) is 0. The second-order valence-electron chi connectivity index (χ2n) is 3.71. The van der Waals surface area contributed by atoms with Gasteiger partial charge in [0, 0.05) is 0 Å². The van der Waals surface area contributed by atoms with Crippen molar-refractivity contribution in [2.45, 2.75) is 32.7 Å². The van der Waals surface area contributed by atoms with Gasteiger partial charge >= 0.3 is 0 Å². The molecule has 4 N–H and O–H groups in total. The summed E-state index contributed by atoms with van der Waals surface area (Å²) < 4.78 is 0. The van der Waals surface area contributed by atoms with E-state index in [0.717, 1.165) is 13.0 Å². The zero-order valence-corrected chi connectivity index (χ0v) is 9.02. The molecule has 0 fully saturated rings. The Hall–Kier alpha value is -1.10. The molecule has 82 valence electrons. The molecule has 0 radical (unpaired) electrons. The predicted octanol–water partition coefficient (Wildman–Crippen LogP) is -0.634. The molecule has 5 heteroatoms. The lowest BCUT2D eigenvalue weighted by Crippen LogP contribution is -2.54. The highest BCUT2D eigenvalue weighted by atomic mass is 16.2. The summed E-state index contributed by atoms with van der Waals surface area (Å²) in [6.07, 6.45) is 0.965. The van der Waals surface area contributed by atoms with Gasteiger partial charge in [-0.1, -0.05) is 6.92 Å².